The van der Waals surface area contributed by atoms with Crippen LogP contribution in [0.25, 0.3) is 11.3 Å². The van der Waals surface area contributed by atoms with Crippen LogP contribution >= 0.6 is 0 Å². The lowest BCUT2D eigenvalue weighted by Gasteiger charge is -2.19. The van der Waals surface area contributed by atoms with E-state index in [2.05, 4.69) is 16.0 Å². The molecule has 0 aliphatic carbocycles. The smallest absolute Gasteiger partial charge is 0.258 e. The van der Waals surface area contributed by atoms with Crippen molar-refractivity contribution in [3.05, 3.63) is 90.0 Å². The van der Waals surface area contributed by atoms with Crippen LogP contribution in [-0.4, -0.2) is 45.7 Å². The summed E-state index contributed by atoms with van der Waals surface area (Å²) >= 11 is 0. The van der Waals surface area contributed by atoms with Crippen LogP contribution in [0, 0.1) is 0 Å². The number of nitrogens with one attached hydrogen (secondary N) is 3. The number of rotatable bonds is 9. The van der Waals surface area contributed by atoms with Gasteiger partial charge in [-0.25, -0.2) is 0 Å². The maximum absolute atomic E-state index is 12.9. The summed E-state index contributed by atoms with van der Waals surface area (Å²) in [6.45, 7) is 1.41. The third-order valence-electron chi connectivity index (χ3n) is 5.64. The van der Waals surface area contributed by atoms with Crippen LogP contribution in [0.3, 0.4) is 0 Å². The van der Waals surface area contributed by atoms with Crippen LogP contribution in [-0.2, 0) is 14.3 Å². The molecule has 34 heavy (non-hydrogen) atoms. The Labute approximate surface area is 199 Å². The molecule has 4 rings (SSSR count). The zero-order chi connectivity index (χ0) is 23.9. The molecule has 0 fully saturated rings. The summed E-state index contributed by atoms with van der Waals surface area (Å²) in [4.78, 5) is 27.0. The maximum Gasteiger partial charge on any atom is 0.258 e. The molecule has 0 radical (unpaired) electrons. The molecule has 3 aromatic rings. The van der Waals surface area contributed by atoms with Gasteiger partial charge in [-0.15, -0.1) is 0 Å². The zero-order valence-corrected chi connectivity index (χ0v) is 19.3. The van der Waals surface area contributed by atoms with Gasteiger partial charge in [0.25, 0.3) is 5.91 Å². The van der Waals surface area contributed by atoms with E-state index in [1.165, 1.54) is 0 Å². The summed E-state index contributed by atoms with van der Waals surface area (Å²) in [6.07, 6.45) is 0. The van der Waals surface area contributed by atoms with Crippen LogP contribution in [0.15, 0.2) is 78.9 Å². The summed E-state index contributed by atoms with van der Waals surface area (Å²) in [5.74, 6) is -0.182. The molecule has 2 amide bonds. The van der Waals surface area contributed by atoms with Gasteiger partial charge in [0.2, 0.25) is 5.91 Å². The normalized spacial score (nSPS) is 13.8. The standard InChI is InChI=1S/C27H28N4O3/c1-31(24(32)18-28-16-17-34-2)21-14-12-20(13-15-21)29-26(19-8-4-3-5-9-19)25-22-10-6-7-11-23(22)30-27(25)33/h3-15,28-29H,16-18H2,1-2H3,(H,30,33)/b26-25-. The summed E-state index contributed by atoms with van der Waals surface area (Å²) in [5, 5.41) is 9.45. The number of nitrogens with zero attached hydrogens (tertiary/aromatic N) is 1. The minimum atomic E-state index is -0.143. The van der Waals surface area contributed by atoms with E-state index in [1.807, 2.05) is 78.9 Å². The fraction of sp³-hybridized carbons (Fsp3) is 0.185. The lowest BCUT2D eigenvalue weighted by atomic mass is 10.00. The third-order valence-corrected chi connectivity index (χ3v) is 5.64. The Morgan fingerprint density at radius 3 is 2.41 bits per heavy atom. The Hall–Kier alpha value is -3.94. The molecule has 0 spiro atoms. The van der Waals surface area contributed by atoms with Gasteiger partial charge in [-0.05, 0) is 35.9 Å². The van der Waals surface area contributed by atoms with E-state index >= 15 is 0 Å². The Balaban J connectivity index is 1.58. The zero-order valence-electron chi connectivity index (χ0n) is 19.3. The van der Waals surface area contributed by atoms with Gasteiger partial charge < -0.3 is 25.6 Å². The molecule has 7 heteroatoms. The van der Waals surface area contributed by atoms with E-state index < -0.39 is 0 Å². The van der Waals surface area contributed by atoms with Gasteiger partial charge >= 0.3 is 0 Å². The highest BCUT2D eigenvalue weighted by Gasteiger charge is 2.28. The summed E-state index contributed by atoms with van der Waals surface area (Å²) < 4.78 is 4.99. The van der Waals surface area contributed by atoms with E-state index in [0.29, 0.717) is 18.7 Å². The van der Waals surface area contributed by atoms with Gasteiger partial charge in [-0.3, -0.25) is 9.59 Å². The van der Waals surface area contributed by atoms with E-state index in [0.717, 1.165) is 33.9 Å². The molecule has 0 bridgehead atoms. The van der Waals surface area contributed by atoms with Crippen LogP contribution in [0.5, 0.6) is 0 Å². The molecule has 174 valence electrons. The number of para-hydroxylation sites is 1. The van der Waals surface area contributed by atoms with E-state index in [1.54, 1.807) is 19.1 Å². The number of hydrogen-bond donors (Lipinski definition) is 3. The van der Waals surface area contributed by atoms with E-state index in [4.69, 9.17) is 4.74 Å². The van der Waals surface area contributed by atoms with Gasteiger partial charge in [0.15, 0.2) is 0 Å². The first-order chi connectivity index (χ1) is 16.6. The number of carbonyl (C=O) groups excluding carboxylic acids is 2. The highest BCUT2D eigenvalue weighted by atomic mass is 16.5. The number of likely N-dealkylation sites (N-methyl/N-ethyl adjacent to an activating group) is 1. The van der Waals surface area contributed by atoms with Crippen molar-refractivity contribution in [1.29, 1.82) is 0 Å². The quantitative estimate of drug-likeness (QED) is 0.337. The van der Waals surface area contributed by atoms with Crippen molar-refractivity contribution in [3.63, 3.8) is 0 Å². The van der Waals surface area contributed by atoms with E-state index in [9.17, 15) is 9.59 Å². The van der Waals surface area contributed by atoms with Gasteiger partial charge in [0, 0.05) is 43.3 Å². The predicted molar refractivity (Wildman–Crippen MR) is 137 cm³/mol. The van der Waals surface area contributed by atoms with Crippen molar-refractivity contribution < 1.29 is 14.3 Å². The van der Waals surface area contributed by atoms with Crippen LogP contribution < -0.4 is 20.9 Å². The Bertz CT molecular complexity index is 1190. The monoisotopic (exact) mass is 456 g/mol. The number of fused-ring (bicyclic) bond motifs is 1. The average molecular weight is 457 g/mol. The maximum atomic E-state index is 12.9. The number of carbonyl (C=O) groups is 2. The molecule has 3 N–H and O–H groups in total. The summed E-state index contributed by atoms with van der Waals surface area (Å²) in [7, 11) is 3.38. The molecule has 0 unspecified atom stereocenters. The van der Waals surface area contributed by atoms with Crippen molar-refractivity contribution in [1.82, 2.24) is 5.32 Å². The molecule has 0 aromatic heterocycles. The van der Waals surface area contributed by atoms with Gasteiger partial charge in [0.1, 0.15) is 0 Å². The number of ether oxygens (including phenoxy) is 1. The van der Waals surface area contributed by atoms with Crippen molar-refractivity contribution in [3.8, 4) is 0 Å². The molecular formula is C27H28N4O3. The summed E-state index contributed by atoms with van der Waals surface area (Å²) in [6, 6.07) is 25.0. The molecule has 0 saturated heterocycles. The minimum Gasteiger partial charge on any atom is -0.383 e. The van der Waals surface area contributed by atoms with E-state index in [-0.39, 0.29) is 18.4 Å². The second kappa shape index (κ2) is 10.8. The highest BCUT2D eigenvalue weighted by molar-refractivity contribution is 6.37. The number of amides is 2. The number of benzene rings is 3. The van der Waals surface area contributed by atoms with Gasteiger partial charge in [-0.2, -0.15) is 0 Å². The third kappa shape index (κ3) is 5.17. The topological polar surface area (TPSA) is 82.7 Å². The lowest BCUT2D eigenvalue weighted by Crippen LogP contribution is -2.36. The first kappa shape index (κ1) is 23.2. The largest absolute Gasteiger partial charge is 0.383 e. The minimum absolute atomic E-state index is 0.0388. The predicted octanol–water partition coefficient (Wildman–Crippen LogP) is 3.82. The van der Waals surface area contributed by atoms with Crippen LogP contribution in [0.1, 0.15) is 11.1 Å². The number of methoxy groups -OCH3 is 1. The molecule has 1 aliphatic heterocycles. The molecule has 7 nitrogen and oxygen atoms in total. The lowest BCUT2D eigenvalue weighted by molar-refractivity contribution is -0.117. The fourth-order valence-electron chi connectivity index (χ4n) is 3.79. The van der Waals surface area contributed by atoms with Gasteiger partial charge in [-0.1, -0.05) is 48.5 Å². The molecule has 3 aromatic carbocycles. The SMILES string of the molecule is COCCNCC(=O)N(C)c1ccc(N/C(=C2\C(=O)Nc3ccccc32)c2ccccc2)cc1. The molecule has 1 heterocycles. The second-order valence-corrected chi connectivity index (χ2v) is 7.91. The van der Waals surface area contributed by atoms with Crippen molar-refractivity contribution in [2.45, 2.75) is 0 Å². The molecular weight excluding hydrogens is 428 g/mol. The summed E-state index contributed by atoms with van der Waals surface area (Å²) in [5.41, 5.74) is 5.48. The first-order valence-corrected chi connectivity index (χ1v) is 11.1. The molecule has 0 atom stereocenters. The van der Waals surface area contributed by atoms with Crippen molar-refractivity contribution in [2.75, 3.05) is 49.4 Å². The Morgan fingerprint density at radius 2 is 1.68 bits per heavy atom. The molecule has 1 aliphatic rings. The average Bonchev–Trinajstić information content (AvgIpc) is 3.21. The Kier molecular flexibility index (Phi) is 7.37. The second-order valence-electron chi connectivity index (χ2n) is 7.91. The first-order valence-electron chi connectivity index (χ1n) is 11.1. The highest BCUT2D eigenvalue weighted by Crippen LogP contribution is 2.37. The van der Waals surface area contributed by atoms with Crippen molar-refractivity contribution >= 4 is 40.1 Å². The fourth-order valence-corrected chi connectivity index (χ4v) is 3.79. The Morgan fingerprint density at radius 1 is 0.971 bits per heavy atom. The van der Waals surface area contributed by atoms with Gasteiger partial charge in [0.05, 0.1) is 24.4 Å². The van der Waals surface area contributed by atoms with Crippen LogP contribution in [0.4, 0.5) is 17.1 Å². The van der Waals surface area contributed by atoms with Crippen molar-refractivity contribution in [2.24, 2.45) is 0 Å². The molecule has 0 saturated carbocycles. The van der Waals surface area contributed by atoms with Crippen LogP contribution in [0.2, 0.25) is 0 Å². The number of anilines is 3. The number of hydrogen-bond acceptors (Lipinski definition) is 5.